The number of nitrogens with two attached hydrogens (primary N) is 1. The number of nitrogen functional groups attached to an aromatic ring is 1. The SMILES string of the molecule is Cc1nc(N)cc(N2CCNC(=O)C2(C)C)n1. The maximum absolute atomic E-state index is 11.8. The van der Waals surface area contributed by atoms with Gasteiger partial charge in [0.25, 0.3) is 0 Å². The topological polar surface area (TPSA) is 84.1 Å². The van der Waals surface area contributed by atoms with Gasteiger partial charge in [0.1, 0.15) is 23.0 Å². The first kappa shape index (κ1) is 11.6. The summed E-state index contributed by atoms with van der Waals surface area (Å²) < 4.78 is 0. The molecule has 92 valence electrons. The lowest BCUT2D eigenvalue weighted by atomic mass is 9.99. The monoisotopic (exact) mass is 235 g/mol. The van der Waals surface area contributed by atoms with Gasteiger partial charge in [-0.15, -0.1) is 0 Å². The summed E-state index contributed by atoms with van der Waals surface area (Å²) in [4.78, 5) is 22.2. The van der Waals surface area contributed by atoms with E-state index in [9.17, 15) is 4.79 Å². The molecule has 0 radical (unpaired) electrons. The van der Waals surface area contributed by atoms with Crippen LogP contribution in [0.3, 0.4) is 0 Å². The maximum Gasteiger partial charge on any atom is 0.245 e. The molecule has 1 amide bonds. The number of aromatic nitrogens is 2. The van der Waals surface area contributed by atoms with Crippen LogP contribution < -0.4 is 16.0 Å². The second kappa shape index (κ2) is 3.87. The van der Waals surface area contributed by atoms with Crippen LogP contribution >= 0.6 is 0 Å². The molecule has 1 aromatic rings. The number of rotatable bonds is 1. The Morgan fingerprint density at radius 2 is 2.18 bits per heavy atom. The van der Waals surface area contributed by atoms with E-state index in [-0.39, 0.29) is 5.91 Å². The summed E-state index contributed by atoms with van der Waals surface area (Å²) in [6.45, 7) is 6.86. The van der Waals surface area contributed by atoms with Crippen molar-refractivity contribution in [2.75, 3.05) is 23.7 Å². The van der Waals surface area contributed by atoms with Crippen molar-refractivity contribution in [3.63, 3.8) is 0 Å². The van der Waals surface area contributed by atoms with Crippen LogP contribution in [-0.4, -0.2) is 34.5 Å². The molecule has 0 bridgehead atoms. The normalized spacial score (nSPS) is 19.0. The van der Waals surface area contributed by atoms with Crippen LogP contribution in [0.4, 0.5) is 11.6 Å². The van der Waals surface area contributed by atoms with Crippen molar-refractivity contribution in [3.05, 3.63) is 11.9 Å². The lowest BCUT2D eigenvalue weighted by molar-refractivity contribution is -0.126. The van der Waals surface area contributed by atoms with E-state index in [0.29, 0.717) is 30.5 Å². The molecule has 6 heteroatoms. The first-order valence-corrected chi connectivity index (χ1v) is 5.58. The molecule has 0 aliphatic carbocycles. The molecule has 0 spiro atoms. The first-order chi connectivity index (χ1) is 7.91. The summed E-state index contributed by atoms with van der Waals surface area (Å²) >= 11 is 0. The number of hydrogen-bond acceptors (Lipinski definition) is 5. The highest BCUT2D eigenvalue weighted by molar-refractivity contribution is 5.90. The highest BCUT2D eigenvalue weighted by atomic mass is 16.2. The van der Waals surface area contributed by atoms with Crippen LogP contribution in [0.1, 0.15) is 19.7 Å². The molecule has 17 heavy (non-hydrogen) atoms. The highest BCUT2D eigenvalue weighted by Crippen LogP contribution is 2.25. The van der Waals surface area contributed by atoms with Crippen LogP contribution in [0.5, 0.6) is 0 Å². The molecule has 1 aliphatic rings. The van der Waals surface area contributed by atoms with Gasteiger partial charge in [-0.25, -0.2) is 9.97 Å². The first-order valence-electron chi connectivity index (χ1n) is 5.58. The van der Waals surface area contributed by atoms with Crippen LogP contribution in [0.15, 0.2) is 6.07 Å². The summed E-state index contributed by atoms with van der Waals surface area (Å²) in [5.74, 6) is 1.74. The van der Waals surface area contributed by atoms with E-state index in [1.807, 2.05) is 18.7 Å². The minimum atomic E-state index is -0.620. The second-order valence-corrected chi connectivity index (χ2v) is 4.66. The van der Waals surface area contributed by atoms with Gasteiger partial charge in [-0.2, -0.15) is 0 Å². The summed E-state index contributed by atoms with van der Waals surface area (Å²) in [7, 11) is 0. The number of carbonyl (C=O) groups excluding carboxylic acids is 1. The zero-order valence-electron chi connectivity index (χ0n) is 10.3. The van der Waals surface area contributed by atoms with Crippen LogP contribution in [0, 0.1) is 6.92 Å². The van der Waals surface area contributed by atoms with E-state index in [0.717, 1.165) is 0 Å². The number of nitrogens with one attached hydrogen (secondary N) is 1. The summed E-state index contributed by atoms with van der Waals surface area (Å²) in [5.41, 5.74) is 5.09. The Morgan fingerprint density at radius 3 is 2.82 bits per heavy atom. The molecule has 1 saturated heterocycles. The van der Waals surface area contributed by atoms with Gasteiger partial charge < -0.3 is 16.0 Å². The minimum Gasteiger partial charge on any atom is -0.384 e. The van der Waals surface area contributed by atoms with Crippen molar-refractivity contribution in [2.24, 2.45) is 0 Å². The molecule has 2 heterocycles. The fourth-order valence-corrected chi connectivity index (χ4v) is 2.01. The number of piperazine rings is 1. The van der Waals surface area contributed by atoms with Crippen molar-refractivity contribution in [3.8, 4) is 0 Å². The molecular weight excluding hydrogens is 218 g/mol. The van der Waals surface area contributed by atoms with Crippen LogP contribution in [-0.2, 0) is 4.79 Å². The van der Waals surface area contributed by atoms with Crippen LogP contribution in [0.25, 0.3) is 0 Å². The summed E-state index contributed by atoms with van der Waals surface area (Å²) in [5, 5.41) is 2.85. The molecule has 2 rings (SSSR count). The lowest BCUT2D eigenvalue weighted by Crippen LogP contribution is -2.62. The molecule has 1 aliphatic heterocycles. The molecule has 1 fully saturated rings. The van der Waals surface area contributed by atoms with Crippen molar-refractivity contribution in [1.82, 2.24) is 15.3 Å². The van der Waals surface area contributed by atoms with Gasteiger partial charge in [0.15, 0.2) is 0 Å². The number of anilines is 2. The largest absolute Gasteiger partial charge is 0.384 e. The van der Waals surface area contributed by atoms with Crippen molar-refractivity contribution in [1.29, 1.82) is 0 Å². The Kier molecular flexibility index (Phi) is 2.65. The van der Waals surface area contributed by atoms with E-state index in [1.54, 1.807) is 13.0 Å². The second-order valence-electron chi connectivity index (χ2n) is 4.66. The zero-order chi connectivity index (χ0) is 12.6. The third kappa shape index (κ3) is 2.02. The quantitative estimate of drug-likeness (QED) is 0.720. The van der Waals surface area contributed by atoms with E-state index in [4.69, 9.17) is 5.73 Å². The van der Waals surface area contributed by atoms with Crippen LogP contribution in [0.2, 0.25) is 0 Å². The molecule has 1 aromatic heterocycles. The average molecular weight is 235 g/mol. The van der Waals surface area contributed by atoms with E-state index >= 15 is 0 Å². The molecule has 0 atom stereocenters. The van der Waals surface area contributed by atoms with E-state index in [2.05, 4.69) is 15.3 Å². The molecule has 6 nitrogen and oxygen atoms in total. The van der Waals surface area contributed by atoms with Crippen molar-refractivity contribution < 1.29 is 4.79 Å². The van der Waals surface area contributed by atoms with Gasteiger partial charge >= 0.3 is 0 Å². The Morgan fingerprint density at radius 1 is 1.47 bits per heavy atom. The Bertz CT molecular complexity index is 437. The molecular formula is C11H17N5O. The fraction of sp³-hybridized carbons (Fsp3) is 0.545. The predicted octanol–water partition coefficient (Wildman–Crippen LogP) is 0.0820. The van der Waals surface area contributed by atoms with Gasteiger partial charge in [-0.05, 0) is 20.8 Å². The summed E-state index contributed by atoms with van der Waals surface area (Å²) in [6, 6.07) is 1.70. The Balaban J connectivity index is 2.41. The van der Waals surface area contributed by atoms with Gasteiger partial charge in [0.05, 0.1) is 0 Å². The zero-order valence-corrected chi connectivity index (χ0v) is 10.3. The standard InChI is InChI=1S/C11H17N5O/c1-7-14-8(12)6-9(15-7)16-5-4-13-10(17)11(16,2)3/h6H,4-5H2,1-3H3,(H,13,17)(H2,12,14,15). The van der Waals surface area contributed by atoms with Gasteiger partial charge in [-0.3, -0.25) is 4.79 Å². The predicted molar refractivity (Wildman–Crippen MR) is 65.6 cm³/mol. The number of amides is 1. The third-order valence-corrected chi connectivity index (χ3v) is 2.97. The minimum absolute atomic E-state index is 0.00131. The third-order valence-electron chi connectivity index (χ3n) is 2.97. The fourth-order valence-electron chi connectivity index (χ4n) is 2.01. The molecule has 0 aromatic carbocycles. The molecule has 3 N–H and O–H groups in total. The molecule has 0 unspecified atom stereocenters. The number of nitrogens with zero attached hydrogens (tertiary/aromatic N) is 3. The summed E-state index contributed by atoms with van der Waals surface area (Å²) in [6.07, 6.45) is 0. The molecule has 0 saturated carbocycles. The number of hydrogen-bond donors (Lipinski definition) is 2. The van der Waals surface area contributed by atoms with Gasteiger partial charge in [0, 0.05) is 19.2 Å². The maximum atomic E-state index is 11.8. The van der Waals surface area contributed by atoms with Crippen molar-refractivity contribution in [2.45, 2.75) is 26.3 Å². The van der Waals surface area contributed by atoms with Gasteiger partial charge in [-0.1, -0.05) is 0 Å². The Hall–Kier alpha value is -1.85. The Labute approximate surface area is 100 Å². The highest BCUT2D eigenvalue weighted by Gasteiger charge is 2.38. The average Bonchev–Trinajstić information content (AvgIpc) is 2.20. The van der Waals surface area contributed by atoms with E-state index in [1.165, 1.54) is 0 Å². The smallest absolute Gasteiger partial charge is 0.245 e. The number of aryl methyl sites for hydroxylation is 1. The van der Waals surface area contributed by atoms with E-state index < -0.39 is 5.54 Å². The van der Waals surface area contributed by atoms with Crippen molar-refractivity contribution >= 4 is 17.5 Å². The lowest BCUT2D eigenvalue weighted by Gasteiger charge is -2.42. The number of carbonyl (C=O) groups is 1. The van der Waals surface area contributed by atoms with Gasteiger partial charge in [0.2, 0.25) is 5.91 Å².